The molecule has 4 heteroatoms. The van der Waals surface area contributed by atoms with Gasteiger partial charge in [0.15, 0.2) is 0 Å². The summed E-state index contributed by atoms with van der Waals surface area (Å²) in [6.45, 7) is 4.02. The lowest BCUT2D eigenvalue weighted by molar-refractivity contribution is -0.115. The predicted molar refractivity (Wildman–Crippen MR) is 73.2 cm³/mol. The van der Waals surface area contributed by atoms with Crippen LogP contribution in [0, 0.1) is 5.92 Å². The van der Waals surface area contributed by atoms with Crippen molar-refractivity contribution >= 4 is 23.4 Å². The van der Waals surface area contributed by atoms with E-state index in [1.165, 1.54) is 0 Å². The number of hydrogen-bond donors (Lipinski definition) is 2. The third-order valence-corrected chi connectivity index (χ3v) is 3.83. The molecule has 1 aromatic carbocycles. The lowest BCUT2D eigenvalue weighted by Gasteiger charge is -2.14. The highest BCUT2D eigenvalue weighted by Crippen LogP contribution is 2.16. The van der Waals surface area contributed by atoms with Crippen LogP contribution in [-0.4, -0.2) is 28.6 Å². The third kappa shape index (κ3) is 5.24. The average Bonchev–Trinajstić information content (AvgIpc) is 2.36. The van der Waals surface area contributed by atoms with Crippen LogP contribution in [0.15, 0.2) is 30.3 Å². The Hall–Kier alpha value is -1.00. The summed E-state index contributed by atoms with van der Waals surface area (Å²) >= 11 is 1.56. The number of aliphatic hydroxyl groups is 1. The van der Waals surface area contributed by atoms with Gasteiger partial charge in [0.2, 0.25) is 5.91 Å². The summed E-state index contributed by atoms with van der Waals surface area (Å²) in [5, 5.41) is 11.7. The Morgan fingerprint density at radius 1 is 1.35 bits per heavy atom. The van der Waals surface area contributed by atoms with Crippen LogP contribution in [0.2, 0.25) is 0 Å². The number of carbonyl (C=O) groups excluding carboxylic acids is 1. The lowest BCUT2D eigenvalue weighted by Crippen LogP contribution is -2.23. The van der Waals surface area contributed by atoms with Gasteiger partial charge in [0.1, 0.15) is 0 Å². The van der Waals surface area contributed by atoms with E-state index < -0.39 is 0 Å². The Bertz CT molecular complexity index is 343. The van der Waals surface area contributed by atoms with Gasteiger partial charge in [0, 0.05) is 12.3 Å². The van der Waals surface area contributed by atoms with Crippen molar-refractivity contribution < 1.29 is 9.90 Å². The van der Waals surface area contributed by atoms with E-state index in [0.717, 1.165) is 11.4 Å². The molecule has 0 aromatic heterocycles. The van der Waals surface area contributed by atoms with Gasteiger partial charge in [-0.05, 0) is 30.7 Å². The van der Waals surface area contributed by atoms with Gasteiger partial charge >= 0.3 is 0 Å². The van der Waals surface area contributed by atoms with E-state index in [0.29, 0.717) is 0 Å². The Labute approximate surface area is 107 Å². The van der Waals surface area contributed by atoms with Crippen molar-refractivity contribution in [2.24, 2.45) is 5.92 Å². The molecule has 0 aliphatic heterocycles. The standard InChI is InChI=1S/C13H19NO2S/c1-10(8-15)9-17-11(2)13(16)14-12-6-4-3-5-7-12/h3-7,10-11,15H,8-9H2,1-2H3,(H,14,16). The number of rotatable bonds is 6. The minimum Gasteiger partial charge on any atom is -0.396 e. The Balaban J connectivity index is 2.37. The maximum atomic E-state index is 11.8. The van der Waals surface area contributed by atoms with Crippen LogP contribution >= 0.6 is 11.8 Å². The summed E-state index contributed by atoms with van der Waals surface area (Å²) in [5.74, 6) is 1.03. The van der Waals surface area contributed by atoms with Gasteiger partial charge in [0.05, 0.1) is 5.25 Å². The van der Waals surface area contributed by atoms with Gasteiger partial charge in [-0.1, -0.05) is 25.1 Å². The van der Waals surface area contributed by atoms with Gasteiger partial charge in [-0.2, -0.15) is 0 Å². The van der Waals surface area contributed by atoms with Gasteiger partial charge in [-0.3, -0.25) is 4.79 Å². The van der Waals surface area contributed by atoms with Crippen molar-refractivity contribution in [1.82, 2.24) is 0 Å². The molecule has 0 fully saturated rings. The summed E-state index contributed by atoms with van der Waals surface area (Å²) in [5.41, 5.74) is 0.820. The van der Waals surface area contributed by atoms with Crippen LogP contribution in [0.3, 0.4) is 0 Å². The number of anilines is 1. The van der Waals surface area contributed by atoms with Crippen molar-refractivity contribution in [3.05, 3.63) is 30.3 Å². The summed E-state index contributed by atoms with van der Waals surface area (Å²) < 4.78 is 0. The second-order valence-electron chi connectivity index (χ2n) is 4.12. The highest BCUT2D eigenvalue weighted by Gasteiger charge is 2.14. The molecule has 0 bridgehead atoms. The van der Waals surface area contributed by atoms with E-state index in [2.05, 4.69) is 5.32 Å². The summed E-state index contributed by atoms with van der Waals surface area (Å²) in [4.78, 5) is 11.8. The normalized spacial score (nSPS) is 14.1. The molecule has 2 atom stereocenters. The number of hydrogen-bond acceptors (Lipinski definition) is 3. The number of carbonyl (C=O) groups is 1. The molecule has 94 valence electrons. The topological polar surface area (TPSA) is 49.3 Å². The van der Waals surface area contributed by atoms with Crippen molar-refractivity contribution in [3.8, 4) is 0 Å². The lowest BCUT2D eigenvalue weighted by atomic mass is 10.2. The minimum absolute atomic E-state index is 0.00587. The zero-order valence-electron chi connectivity index (χ0n) is 10.2. The second kappa shape index (κ2) is 7.35. The average molecular weight is 253 g/mol. The van der Waals surface area contributed by atoms with Crippen molar-refractivity contribution in [2.45, 2.75) is 19.1 Å². The molecule has 0 aliphatic rings. The molecule has 0 heterocycles. The maximum absolute atomic E-state index is 11.8. The SMILES string of the molecule is CC(CO)CSC(C)C(=O)Nc1ccccc1. The first-order chi connectivity index (χ1) is 8.13. The highest BCUT2D eigenvalue weighted by atomic mass is 32.2. The number of para-hydroxylation sites is 1. The van der Waals surface area contributed by atoms with Crippen LogP contribution in [0.4, 0.5) is 5.69 Å². The van der Waals surface area contributed by atoms with Gasteiger partial charge < -0.3 is 10.4 Å². The fourth-order valence-electron chi connectivity index (χ4n) is 1.20. The van der Waals surface area contributed by atoms with Crippen LogP contribution in [-0.2, 0) is 4.79 Å². The van der Waals surface area contributed by atoms with Crippen molar-refractivity contribution in [1.29, 1.82) is 0 Å². The molecule has 0 aliphatic carbocycles. The van der Waals surface area contributed by atoms with E-state index in [-0.39, 0.29) is 23.7 Å². The monoisotopic (exact) mass is 253 g/mol. The van der Waals surface area contributed by atoms with E-state index in [1.807, 2.05) is 44.2 Å². The maximum Gasteiger partial charge on any atom is 0.237 e. The van der Waals surface area contributed by atoms with Crippen LogP contribution in [0.1, 0.15) is 13.8 Å². The fourth-order valence-corrected chi connectivity index (χ4v) is 2.14. The predicted octanol–water partition coefficient (Wildman–Crippen LogP) is 2.38. The van der Waals surface area contributed by atoms with E-state index in [4.69, 9.17) is 5.11 Å². The minimum atomic E-state index is -0.107. The van der Waals surface area contributed by atoms with Crippen molar-refractivity contribution in [3.63, 3.8) is 0 Å². The van der Waals surface area contributed by atoms with Crippen LogP contribution in [0.25, 0.3) is 0 Å². The Morgan fingerprint density at radius 3 is 2.59 bits per heavy atom. The zero-order chi connectivity index (χ0) is 12.7. The smallest absolute Gasteiger partial charge is 0.237 e. The second-order valence-corrected chi connectivity index (χ2v) is 5.49. The van der Waals surface area contributed by atoms with Gasteiger partial charge in [-0.25, -0.2) is 0 Å². The first kappa shape index (κ1) is 14.1. The molecule has 2 N–H and O–H groups in total. The number of thioether (sulfide) groups is 1. The van der Waals surface area contributed by atoms with Gasteiger partial charge in [-0.15, -0.1) is 11.8 Å². The number of aliphatic hydroxyl groups excluding tert-OH is 1. The molecule has 1 aromatic rings. The molecular weight excluding hydrogens is 234 g/mol. The largest absolute Gasteiger partial charge is 0.396 e. The van der Waals surface area contributed by atoms with E-state index >= 15 is 0 Å². The van der Waals surface area contributed by atoms with Crippen LogP contribution in [0.5, 0.6) is 0 Å². The Morgan fingerprint density at radius 2 is 2.00 bits per heavy atom. The van der Waals surface area contributed by atoms with Gasteiger partial charge in [0.25, 0.3) is 0 Å². The Kier molecular flexibility index (Phi) is 6.08. The van der Waals surface area contributed by atoms with Crippen LogP contribution < -0.4 is 5.32 Å². The number of benzene rings is 1. The molecule has 3 nitrogen and oxygen atoms in total. The fraction of sp³-hybridized carbons (Fsp3) is 0.462. The molecular formula is C13H19NO2S. The molecule has 0 radical (unpaired) electrons. The third-order valence-electron chi connectivity index (χ3n) is 2.35. The van der Waals surface area contributed by atoms with E-state index in [1.54, 1.807) is 11.8 Å². The molecule has 0 spiro atoms. The molecule has 0 saturated heterocycles. The zero-order valence-corrected chi connectivity index (χ0v) is 11.0. The molecule has 17 heavy (non-hydrogen) atoms. The first-order valence-electron chi connectivity index (χ1n) is 5.72. The summed E-state index contributed by atoms with van der Waals surface area (Å²) in [6.07, 6.45) is 0. The first-order valence-corrected chi connectivity index (χ1v) is 6.76. The summed E-state index contributed by atoms with van der Waals surface area (Å²) in [6, 6.07) is 9.43. The van der Waals surface area contributed by atoms with Crippen molar-refractivity contribution in [2.75, 3.05) is 17.7 Å². The molecule has 0 saturated carbocycles. The molecule has 1 rings (SSSR count). The summed E-state index contributed by atoms with van der Waals surface area (Å²) in [7, 11) is 0. The number of amides is 1. The van der Waals surface area contributed by atoms with E-state index in [9.17, 15) is 4.79 Å². The molecule has 2 unspecified atom stereocenters. The quantitative estimate of drug-likeness (QED) is 0.818. The molecule has 1 amide bonds. The number of nitrogens with one attached hydrogen (secondary N) is 1. The highest BCUT2D eigenvalue weighted by molar-refractivity contribution is 8.00.